The van der Waals surface area contributed by atoms with Crippen LogP contribution in [0.25, 0.3) is 10.9 Å². The standard InChI is InChI=1S/C22H22ClN3O3/c23-18-11-17-19(9-15(18)8-14-4-2-1-3-5-14)25-13-26(22(17)29)12-16(27)10-20-21(28)6-7-24-20/h1-5,9,11,13,20-21,24,28H,6-8,10,12H2. The van der Waals surface area contributed by atoms with Gasteiger partial charge in [0.2, 0.25) is 0 Å². The van der Waals surface area contributed by atoms with E-state index in [2.05, 4.69) is 10.3 Å². The molecule has 2 atom stereocenters. The SMILES string of the molecule is O=C(CC1NCCC1O)Cn1cnc2cc(Cc3ccccc3)c(Cl)cc2c1=O. The van der Waals surface area contributed by atoms with Crippen LogP contribution in [0.2, 0.25) is 5.02 Å². The minimum atomic E-state index is -0.521. The number of carbonyl (C=O) groups is 1. The number of carbonyl (C=O) groups excluding carboxylic acids is 1. The molecule has 0 amide bonds. The van der Waals surface area contributed by atoms with Crippen molar-refractivity contribution in [2.24, 2.45) is 0 Å². The maximum absolute atomic E-state index is 12.8. The Bertz CT molecular complexity index is 1100. The number of nitrogens with one attached hydrogen (secondary N) is 1. The lowest BCUT2D eigenvalue weighted by molar-refractivity contribution is -0.120. The first kappa shape index (κ1) is 19.8. The van der Waals surface area contributed by atoms with Gasteiger partial charge in [-0.1, -0.05) is 41.9 Å². The molecule has 1 aliphatic rings. The largest absolute Gasteiger partial charge is 0.391 e. The Balaban J connectivity index is 1.56. The van der Waals surface area contributed by atoms with E-state index >= 15 is 0 Å². The first-order valence-electron chi connectivity index (χ1n) is 9.66. The van der Waals surface area contributed by atoms with Crippen molar-refractivity contribution in [3.05, 3.63) is 75.3 Å². The molecule has 6 nitrogen and oxygen atoms in total. The molecule has 0 bridgehead atoms. The molecule has 3 aromatic rings. The van der Waals surface area contributed by atoms with Gasteiger partial charge in [0.1, 0.15) is 0 Å². The zero-order valence-electron chi connectivity index (χ0n) is 15.8. The van der Waals surface area contributed by atoms with E-state index in [9.17, 15) is 14.7 Å². The lowest BCUT2D eigenvalue weighted by Crippen LogP contribution is -2.34. The third-order valence-corrected chi connectivity index (χ3v) is 5.69. The molecular formula is C22H22ClN3O3. The number of hydrogen-bond acceptors (Lipinski definition) is 5. The molecule has 150 valence electrons. The number of Topliss-reactive ketones (excluding diaryl/α,β-unsaturated/α-hetero) is 1. The second-order valence-electron chi connectivity index (χ2n) is 7.46. The normalized spacial score (nSPS) is 19.0. The monoisotopic (exact) mass is 411 g/mol. The van der Waals surface area contributed by atoms with Crippen LogP contribution in [0, 0.1) is 0 Å². The predicted molar refractivity (Wildman–Crippen MR) is 112 cm³/mol. The Morgan fingerprint density at radius 3 is 2.79 bits per heavy atom. The minimum absolute atomic E-state index is 0.0734. The number of benzene rings is 2. The zero-order valence-corrected chi connectivity index (χ0v) is 16.6. The Labute approximate surface area is 173 Å². The molecule has 2 N–H and O–H groups in total. The highest BCUT2D eigenvalue weighted by atomic mass is 35.5. The Kier molecular flexibility index (Phi) is 5.76. The molecular weight excluding hydrogens is 390 g/mol. The van der Waals surface area contributed by atoms with E-state index in [1.54, 1.807) is 6.07 Å². The van der Waals surface area contributed by atoms with Crippen LogP contribution in [0.5, 0.6) is 0 Å². The van der Waals surface area contributed by atoms with Crippen LogP contribution in [0.15, 0.2) is 53.6 Å². The quantitative estimate of drug-likeness (QED) is 0.650. The summed E-state index contributed by atoms with van der Waals surface area (Å²) in [5.74, 6) is -0.126. The van der Waals surface area contributed by atoms with E-state index in [0.717, 1.165) is 11.1 Å². The van der Waals surface area contributed by atoms with Crippen LogP contribution in [0.3, 0.4) is 0 Å². The van der Waals surface area contributed by atoms with Gasteiger partial charge in [-0.15, -0.1) is 0 Å². The summed E-state index contributed by atoms with van der Waals surface area (Å²) in [6.07, 6.45) is 2.35. The fourth-order valence-electron chi connectivity index (χ4n) is 3.75. The van der Waals surface area contributed by atoms with Gasteiger partial charge < -0.3 is 10.4 Å². The molecule has 29 heavy (non-hydrogen) atoms. The second kappa shape index (κ2) is 8.45. The summed E-state index contributed by atoms with van der Waals surface area (Å²) in [6.45, 7) is 0.621. The van der Waals surface area contributed by atoms with E-state index in [-0.39, 0.29) is 30.3 Å². The average molecular weight is 412 g/mol. The molecule has 0 aliphatic carbocycles. The highest BCUT2D eigenvalue weighted by Crippen LogP contribution is 2.23. The summed E-state index contributed by atoms with van der Waals surface area (Å²) < 4.78 is 1.30. The van der Waals surface area contributed by atoms with E-state index in [0.29, 0.717) is 35.3 Å². The molecule has 1 aromatic heterocycles. The number of halogens is 1. The van der Waals surface area contributed by atoms with Crippen molar-refractivity contribution < 1.29 is 9.90 Å². The van der Waals surface area contributed by atoms with Crippen molar-refractivity contribution >= 4 is 28.3 Å². The van der Waals surface area contributed by atoms with Crippen LogP contribution >= 0.6 is 11.6 Å². The van der Waals surface area contributed by atoms with Gasteiger partial charge in [0.15, 0.2) is 5.78 Å². The lowest BCUT2D eigenvalue weighted by Gasteiger charge is -2.14. The van der Waals surface area contributed by atoms with Crippen molar-refractivity contribution in [1.29, 1.82) is 0 Å². The second-order valence-corrected chi connectivity index (χ2v) is 7.87. The number of aromatic nitrogens is 2. The van der Waals surface area contributed by atoms with E-state index < -0.39 is 6.10 Å². The third kappa shape index (κ3) is 4.40. The molecule has 0 radical (unpaired) electrons. The van der Waals surface area contributed by atoms with Crippen LogP contribution < -0.4 is 10.9 Å². The first-order chi connectivity index (χ1) is 14.0. The van der Waals surface area contributed by atoms with E-state index in [1.807, 2.05) is 36.4 Å². The highest BCUT2D eigenvalue weighted by Gasteiger charge is 2.26. The zero-order chi connectivity index (χ0) is 20.4. The van der Waals surface area contributed by atoms with Gasteiger partial charge in [0, 0.05) is 17.5 Å². The minimum Gasteiger partial charge on any atom is -0.391 e. The van der Waals surface area contributed by atoms with E-state index in [1.165, 1.54) is 10.9 Å². The molecule has 0 spiro atoms. The van der Waals surface area contributed by atoms with Crippen LogP contribution in [0.1, 0.15) is 24.0 Å². The topological polar surface area (TPSA) is 84.2 Å². The molecule has 1 aliphatic heterocycles. The summed E-state index contributed by atoms with van der Waals surface area (Å²) >= 11 is 6.43. The average Bonchev–Trinajstić information content (AvgIpc) is 3.11. The smallest absolute Gasteiger partial charge is 0.261 e. The molecule has 1 fully saturated rings. The summed E-state index contributed by atoms with van der Waals surface area (Å²) in [5, 5.41) is 13.9. The molecule has 0 saturated carbocycles. The summed E-state index contributed by atoms with van der Waals surface area (Å²) in [5.41, 5.74) is 2.28. The molecule has 2 aromatic carbocycles. The predicted octanol–water partition coefficient (Wildman–Crippen LogP) is 2.32. The van der Waals surface area contributed by atoms with Crippen LogP contribution in [-0.2, 0) is 17.8 Å². The number of hydrogen-bond donors (Lipinski definition) is 2. The van der Waals surface area contributed by atoms with Crippen molar-refractivity contribution in [3.63, 3.8) is 0 Å². The number of nitrogens with zero attached hydrogens (tertiary/aromatic N) is 2. The van der Waals surface area contributed by atoms with Gasteiger partial charge in [-0.3, -0.25) is 14.2 Å². The van der Waals surface area contributed by atoms with Gasteiger partial charge >= 0.3 is 0 Å². The Morgan fingerprint density at radius 2 is 2.07 bits per heavy atom. The maximum atomic E-state index is 12.8. The van der Waals surface area contributed by atoms with Gasteiger partial charge in [0.25, 0.3) is 5.56 Å². The summed E-state index contributed by atoms with van der Waals surface area (Å²) in [6, 6.07) is 13.2. The molecule has 2 unspecified atom stereocenters. The summed E-state index contributed by atoms with van der Waals surface area (Å²) in [7, 11) is 0. The summed E-state index contributed by atoms with van der Waals surface area (Å²) in [4.78, 5) is 29.6. The molecule has 7 heteroatoms. The molecule has 1 saturated heterocycles. The number of aliphatic hydroxyl groups is 1. The number of ketones is 1. The fraction of sp³-hybridized carbons (Fsp3) is 0.318. The van der Waals surface area contributed by atoms with Crippen LogP contribution in [-0.4, -0.2) is 39.1 Å². The van der Waals surface area contributed by atoms with E-state index in [4.69, 9.17) is 11.6 Å². The lowest BCUT2D eigenvalue weighted by atomic mass is 10.0. The number of aliphatic hydroxyl groups excluding tert-OH is 1. The van der Waals surface area contributed by atoms with Crippen molar-refractivity contribution in [2.75, 3.05) is 6.54 Å². The van der Waals surface area contributed by atoms with Gasteiger partial charge in [0.05, 0.1) is 29.9 Å². The van der Waals surface area contributed by atoms with Crippen molar-refractivity contribution in [3.8, 4) is 0 Å². The van der Waals surface area contributed by atoms with Gasteiger partial charge in [-0.25, -0.2) is 4.98 Å². The third-order valence-electron chi connectivity index (χ3n) is 5.33. The fourth-order valence-corrected chi connectivity index (χ4v) is 3.98. The molecule has 4 rings (SSSR count). The van der Waals surface area contributed by atoms with Crippen molar-refractivity contribution in [1.82, 2.24) is 14.9 Å². The Hall–Kier alpha value is -2.54. The highest BCUT2D eigenvalue weighted by molar-refractivity contribution is 6.32. The van der Waals surface area contributed by atoms with Gasteiger partial charge in [-0.05, 0) is 42.6 Å². The van der Waals surface area contributed by atoms with Crippen molar-refractivity contribution in [2.45, 2.75) is 38.0 Å². The number of rotatable bonds is 6. The maximum Gasteiger partial charge on any atom is 0.261 e. The first-order valence-corrected chi connectivity index (χ1v) is 10.0. The Morgan fingerprint density at radius 1 is 1.28 bits per heavy atom. The van der Waals surface area contributed by atoms with Gasteiger partial charge in [-0.2, -0.15) is 0 Å². The van der Waals surface area contributed by atoms with Crippen LogP contribution in [0.4, 0.5) is 0 Å². The number of fused-ring (bicyclic) bond motifs is 1. The molecule has 2 heterocycles.